The second-order valence-corrected chi connectivity index (χ2v) is 6.63. The first kappa shape index (κ1) is 17.9. The highest BCUT2D eigenvalue weighted by atomic mass is 16.5. The molecule has 2 N–H and O–H groups in total. The van der Waals surface area contributed by atoms with Crippen LogP contribution in [0.15, 0.2) is 64.1 Å². The van der Waals surface area contributed by atoms with E-state index >= 15 is 0 Å². The van der Waals surface area contributed by atoms with Gasteiger partial charge in [-0.05, 0) is 72.4 Å². The molecule has 1 aliphatic rings. The number of furan rings is 1. The number of amides is 1. The van der Waals surface area contributed by atoms with E-state index < -0.39 is 5.91 Å². The van der Waals surface area contributed by atoms with Gasteiger partial charge in [0.15, 0.2) is 5.76 Å². The molecule has 6 nitrogen and oxygen atoms in total. The van der Waals surface area contributed by atoms with Crippen LogP contribution in [0.1, 0.15) is 39.4 Å². The highest BCUT2D eigenvalue weighted by molar-refractivity contribution is 5.92. The molecule has 0 saturated heterocycles. The summed E-state index contributed by atoms with van der Waals surface area (Å²) in [6.45, 7) is 0.249. The fourth-order valence-electron chi connectivity index (χ4n) is 3.20. The van der Waals surface area contributed by atoms with E-state index in [2.05, 4.69) is 22.7 Å². The summed E-state index contributed by atoms with van der Waals surface area (Å²) in [4.78, 5) is 12.1. The Morgan fingerprint density at radius 2 is 2.04 bits per heavy atom. The number of aromatic hydroxyl groups is 1. The van der Waals surface area contributed by atoms with Crippen molar-refractivity contribution in [1.29, 1.82) is 0 Å². The maximum Gasteiger partial charge on any atom is 0.307 e. The molecule has 4 rings (SSSR count). The molecule has 0 fully saturated rings. The summed E-state index contributed by atoms with van der Waals surface area (Å²) in [5.74, 6) is 1.19. The maximum absolute atomic E-state index is 12.1. The molecule has 3 aromatic rings. The molecule has 1 aliphatic carbocycles. The van der Waals surface area contributed by atoms with Crippen molar-refractivity contribution in [3.05, 3.63) is 82.8 Å². The van der Waals surface area contributed by atoms with Crippen molar-refractivity contribution in [1.82, 2.24) is 5.43 Å². The van der Waals surface area contributed by atoms with Gasteiger partial charge in [0.1, 0.15) is 23.9 Å². The zero-order valence-electron chi connectivity index (χ0n) is 15.2. The number of phenols is 1. The van der Waals surface area contributed by atoms with Gasteiger partial charge < -0.3 is 14.3 Å². The molecule has 6 heteroatoms. The summed E-state index contributed by atoms with van der Waals surface area (Å²) in [5.41, 5.74) is 5.81. The second-order valence-electron chi connectivity index (χ2n) is 6.63. The number of nitrogens with zero attached hydrogens (tertiary/aromatic N) is 1. The van der Waals surface area contributed by atoms with Gasteiger partial charge in [-0.3, -0.25) is 4.79 Å². The quantitative estimate of drug-likeness (QED) is 0.506. The molecule has 0 atom stereocenters. The largest absolute Gasteiger partial charge is 0.508 e. The Bertz CT molecular complexity index is 1020. The van der Waals surface area contributed by atoms with Gasteiger partial charge in [-0.1, -0.05) is 18.2 Å². The predicted molar refractivity (Wildman–Crippen MR) is 105 cm³/mol. The van der Waals surface area contributed by atoms with Gasteiger partial charge in [0.2, 0.25) is 0 Å². The fraction of sp³-hybridized carbons (Fsp3) is 0.182. The van der Waals surface area contributed by atoms with Crippen LogP contribution < -0.4 is 10.2 Å². The van der Waals surface area contributed by atoms with Crippen LogP contribution in [0.2, 0.25) is 0 Å². The van der Waals surface area contributed by atoms with E-state index in [-0.39, 0.29) is 18.1 Å². The van der Waals surface area contributed by atoms with Crippen LogP contribution in [0.3, 0.4) is 0 Å². The number of nitrogens with one attached hydrogen (secondary N) is 1. The second kappa shape index (κ2) is 8.00. The van der Waals surface area contributed by atoms with Crippen molar-refractivity contribution in [2.24, 2.45) is 5.10 Å². The van der Waals surface area contributed by atoms with Gasteiger partial charge in [0.25, 0.3) is 0 Å². The third-order valence-corrected chi connectivity index (χ3v) is 4.59. The SMILES string of the molecule is O=C(NN=Cc1cccc(O)c1)c1ccc(COc2ccc3c(c2)CCC3)o1. The number of hydrazone groups is 1. The first-order chi connectivity index (χ1) is 13.7. The van der Waals surface area contributed by atoms with E-state index in [4.69, 9.17) is 9.15 Å². The van der Waals surface area contributed by atoms with Gasteiger partial charge in [-0.25, -0.2) is 5.43 Å². The smallest absolute Gasteiger partial charge is 0.307 e. The average molecular weight is 376 g/mol. The highest BCUT2D eigenvalue weighted by Crippen LogP contribution is 2.26. The van der Waals surface area contributed by atoms with Crippen molar-refractivity contribution >= 4 is 12.1 Å². The minimum absolute atomic E-state index is 0.134. The van der Waals surface area contributed by atoms with Gasteiger partial charge in [-0.2, -0.15) is 5.10 Å². The number of benzene rings is 2. The summed E-state index contributed by atoms with van der Waals surface area (Å²) in [6.07, 6.45) is 4.88. The first-order valence-corrected chi connectivity index (χ1v) is 9.13. The molecule has 1 aromatic heterocycles. The monoisotopic (exact) mass is 376 g/mol. The molecule has 1 heterocycles. The Hall–Kier alpha value is -3.54. The average Bonchev–Trinajstić information content (AvgIpc) is 3.35. The number of phenolic OH excluding ortho intramolecular Hbond substituents is 1. The third kappa shape index (κ3) is 4.23. The number of hydrogen-bond acceptors (Lipinski definition) is 5. The van der Waals surface area contributed by atoms with Gasteiger partial charge in [0.05, 0.1) is 6.21 Å². The van der Waals surface area contributed by atoms with Crippen molar-refractivity contribution < 1.29 is 19.1 Å². The van der Waals surface area contributed by atoms with Crippen LogP contribution in [-0.4, -0.2) is 17.2 Å². The Morgan fingerprint density at radius 1 is 1.14 bits per heavy atom. The van der Waals surface area contributed by atoms with E-state index in [0.717, 1.165) is 18.6 Å². The number of fused-ring (bicyclic) bond motifs is 1. The molecule has 0 saturated carbocycles. The third-order valence-electron chi connectivity index (χ3n) is 4.59. The van der Waals surface area contributed by atoms with E-state index in [0.29, 0.717) is 11.3 Å². The Morgan fingerprint density at radius 3 is 2.93 bits per heavy atom. The van der Waals surface area contributed by atoms with Gasteiger partial charge in [0, 0.05) is 0 Å². The van der Waals surface area contributed by atoms with Crippen molar-refractivity contribution in [2.45, 2.75) is 25.9 Å². The Balaban J connectivity index is 1.31. The molecule has 28 heavy (non-hydrogen) atoms. The van der Waals surface area contributed by atoms with Crippen LogP contribution >= 0.6 is 0 Å². The summed E-state index contributed by atoms with van der Waals surface area (Å²) in [5, 5.41) is 13.3. The molecule has 2 aromatic carbocycles. The number of ether oxygens (including phenoxy) is 1. The molecule has 0 spiro atoms. The number of carbonyl (C=O) groups is 1. The number of rotatable bonds is 6. The van der Waals surface area contributed by atoms with Crippen molar-refractivity contribution in [3.63, 3.8) is 0 Å². The lowest BCUT2D eigenvalue weighted by Crippen LogP contribution is -2.16. The van der Waals surface area contributed by atoms with Crippen molar-refractivity contribution in [3.8, 4) is 11.5 Å². The van der Waals surface area contributed by atoms with Crippen LogP contribution in [0.4, 0.5) is 0 Å². The summed E-state index contributed by atoms with van der Waals surface area (Å²) in [6, 6.07) is 16.0. The van der Waals surface area contributed by atoms with Crippen molar-refractivity contribution in [2.75, 3.05) is 0 Å². The lowest BCUT2D eigenvalue weighted by Gasteiger charge is -2.06. The molecule has 0 unspecified atom stereocenters. The standard InChI is InChI=1S/C22H20N2O4/c25-18-6-1-3-15(11-18)13-23-24-22(26)21-10-9-20(28-21)14-27-19-8-7-16-4-2-5-17(16)12-19/h1,3,6-13,25H,2,4-5,14H2,(H,24,26). The minimum Gasteiger partial charge on any atom is -0.508 e. The normalized spacial score (nSPS) is 12.9. The predicted octanol–water partition coefficient (Wildman–Crippen LogP) is 3.82. The number of hydrogen-bond donors (Lipinski definition) is 2. The summed E-state index contributed by atoms with van der Waals surface area (Å²) >= 11 is 0. The molecular formula is C22H20N2O4. The van der Waals surface area contributed by atoms with Crippen LogP contribution in [0, 0.1) is 0 Å². The van der Waals surface area contributed by atoms with E-state index in [9.17, 15) is 9.90 Å². The van der Waals surface area contributed by atoms with E-state index in [1.54, 1.807) is 30.3 Å². The molecule has 0 radical (unpaired) electrons. The first-order valence-electron chi connectivity index (χ1n) is 9.13. The van der Waals surface area contributed by atoms with Crippen LogP contribution in [-0.2, 0) is 19.4 Å². The van der Waals surface area contributed by atoms with Gasteiger partial charge in [-0.15, -0.1) is 0 Å². The van der Waals surface area contributed by atoms with E-state index in [1.807, 2.05) is 6.07 Å². The molecule has 142 valence electrons. The van der Waals surface area contributed by atoms with E-state index in [1.165, 1.54) is 29.8 Å². The fourth-order valence-corrected chi connectivity index (χ4v) is 3.20. The molecular weight excluding hydrogens is 356 g/mol. The lowest BCUT2D eigenvalue weighted by molar-refractivity contribution is 0.0923. The van der Waals surface area contributed by atoms with Crippen LogP contribution in [0.5, 0.6) is 11.5 Å². The highest BCUT2D eigenvalue weighted by Gasteiger charge is 2.13. The van der Waals surface area contributed by atoms with Crippen LogP contribution in [0.25, 0.3) is 0 Å². The van der Waals surface area contributed by atoms with Gasteiger partial charge >= 0.3 is 5.91 Å². The zero-order valence-corrected chi connectivity index (χ0v) is 15.2. The molecule has 1 amide bonds. The lowest BCUT2D eigenvalue weighted by atomic mass is 10.1. The Kier molecular flexibility index (Phi) is 5.10. The zero-order chi connectivity index (χ0) is 19.3. The molecule has 0 aliphatic heterocycles. The topological polar surface area (TPSA) is 84.1 Å². The Labute approximate surface area is 162 Å². The number of aryl methyl sites for hydroxylation is 2. The molecule has 0 bridgehead atoms. The number of carbonyl (C=O) groups excluding carboxylic acids is 1. The maximum atomic E-state index is 12.1. The minimum atomic E-state index is -0.458. The summed E-state index contributed by atoms with van der Waals surface area (Å²) in [7, 11) is 0. The summed E-state index contributed by atoms with van der Waals surface area (Å²) < 4.78 is 11.3.